The molecule has 0 saturated heterocycles. The summed E-state index contributed by atoms with van der Waals surface area (Å²) in [7, 11) is 1.39. The highest BCUT2D eigenvalue weighted by atomic mass is 19.1. The third-order valence-corrected chi connectivity index (χ3v) is 3.00. The summed E-state index contributed by atoms with van der Waals surface area (Å²) in [6, 6.07) is 4.22. The Balaban J connectivity index is 3.12. The molecule has 0 radical (unpaired) electrons. The minimum atomic E-state index is -0.463. The summed E-state index contributed by atoms with van der Waals surface area (Å²) in [5.41, 5.74) is 0.155. The minimum absolute atomic E-state index is 0.0919. The summed E-state index contributed by atoms with van der Waals surface area (Å²) < 4.78 is 18.4. The Labute approximate surface area is 120 Å². The third kappa shape index (κ3) is 3.95. The van der Waals surface area contributed by atoms with E-state index in [4.69, 9.17) is 4.74 Å². The van der Waals surface area contributed by atoms with Crippen molar-refractivity contribution in [3.05, 3.63) is 29.6 Å². The van der Waals surface area contributed by atoms with Gasteiger partial charge in [0.1, 0.15) is 0 Å². The van der Waals surface area contributed by atoms with Crippen LogP contribution >= 0.6 is 0 Å². The molecule has 3 nitrogen and oxygen atoms in total. The van der Waals surface area contributed by atoms with Crippen molar-refractivity contribution in [1.82, 2.24) is 4.90 Å². The highest BCUT2D eigenvalue weighted by molar-refractivity contribution is 5.95. The molecule has 0 aliphatic carbocycles. The van der Waals surface area contributed by atoms with Crippen LogP contribution in [0.4, 0.5) is 4.39 Å². The Morgan fingerprint density at radius 3 is 2.40 bits per heavy atom. The van der Waals surface area contributed by atoms with Gasteiger partial charge in [0.2, 0.25) is 0 Å². The lowest BCUT2D eigenvalue weighted by atomic mass is 10.0. The van der Waals surface area contributed by atoms with Crippen LogP contribution in [0.2, 0.25) is 0 Å². The summed E-state index contributed by atoms with van der Waals surface area (Å²) >= 11 is 0. The highest BCUT2D eigenvalue weighted by Crippen LogP contribution is 2.23. The molecule has 1 aromatic rings. The predicted octanol–water partition coefficient (Wildman–Crippen LogP) is 3.73. The monoisotopic (exact) mass is 281 g/mol. The van der Waals surface area contributed by atoms with Gasteiger partial charge in [-0.1, -0.05) is 13.8 Å². The standard InChI is InChI=1S/C16H24FNO2/c1-11(2)10-18(16(3,4)5)15(19)12-7-8-13(17)14(9-12)20-6/h7-9,11H,10H2,1-6H3. The fourth-order valence-corrected chi connectivity index (χ4v) is 1.98. The molecule has 0 aromatic heterocycles. The first-order chi connectivity index (χ1) is 9.16. The molecule has 0 unspecified atom stereocenters. The number of amides is 1. The molecule has 1 amide bonds. The summed E-state index contributed by atoms with van der Waals surface area (Å²) in [6.45, 7) is 10.8. The van der Waals surface area contributed by atoms with Crippen LogP contribution in [0.5, 0.6) is 5.75 Å². The number of hydrogen-bond donors (Lipinski definition) is 0. The molecule has 1 aromatic carbocycles. The molecule has 0 N–H and O–H groups in total. The van der Waals surface area contributed by atoms with Gasteiger partial charge in [0.15, 0.2) is 11.6 Å². The van der Waals surface area contributed by atoms with Crippen LogP contribution in [-0.4, -0.2) is 30.0 Å². The van der Waals surface area contributed by atoms with Gasteiger partial charge in [-0.25, -0.2) is 4.39 Å². The van der Waals surface area contributed by atoms with Gasteiger partial charge in [-0.15, -0.1) is 0 Å². The average molecular weight is 281 g/mol. The molecule has 0 aliphatic heterocycles. The van der Waals surface area contributed by atoms with Gasteiger partial charge in [0.05, 0.1) is 7.11 Å². The average Bonchev–Trinajstić information content (AvgIpc) is 2.34. The number of halogens is 1. The lowest BCUT2D eigenvalue weighted by Crippen LogP contribution is -2.47. The van der Waals surface area contributed by atoms with Gasteiger partial charge in [0, 0.05) is 17.6 Å². The summed E-state index contributed by atoms with van der Waals surface area (Å²) in [4.78, 5) is 14.5. The van der Waals surface area contributed by atoms with E-state index in [0.29, 0.717) is 18.0 Å². The van der Waals surface area contributed by atoms with E-state index in [2.05, 4.69) is 13.8 Å². The summed E-state index contributed by atoms with van der Waals surface area (Å²) in [5.74, 6) is -0.116. The van der Waals surface area contributed by atoms with Crippen LogP contribution in [0.3, 0.4) is 0 Å². The van der Waals surface area contributed by atoms with E-state index in [1.807, 2.05) is 25.7 Å². The first kappa shape index (κ1) is 16.5. The molecule has 0 atom stereocenters. The largest absolute Gasteiger partial charge is 0.494 e. The van der Waals surface area contributed by atoms with E-state index in [9.17, 15) is 9.18 Å². The van der Waals surface area contributed by atoms with E-state index in [1.165, 1.54) is 25.3 Å². The van der Waals surface area contributed by atoms with Gasteiger partial charge in [0.25, 0.3) is 5.91 Å². The Morgan fingerprint density at radius 1 is 1.35 bits per heavy atom. The number of carbonyl (C=O) groups is 1. The normalized spacial score (nSPS) is 11.6. The molecule has 0 spiro atoms. The maximum absolute atomic E-state index is 13.4. The number of rotatable bonds is 4. The summed E-state index contributed by atoms with van der Waals surface area (Å²) in [5, 5.41) is 0. The van der Waals surface area contributed by atoms with Crippen molar-refractivity contribution in [2.45, 2.75) is 40.2 Å². The van der Waals surface area contributed by atoms with Gasteiger partial charge in [-0.05, 0) is 44.9 Å². The van der Waals surface area contributed by atoms with E-state index >= 15 is 0 Å². The molecule has 20 heavy (non-hydrogen) atoms. The maximum atomic E-state index is 13.4. The van der Waals surface area contributed by atoms with Crippen molar-refractivity contribution in [3.63, 3.8) is 0 Å². The number of methoxy groups -OCH3 is 1. The molecule has 0 fully saturated rings. The van der Waals surface area contributed by atoms with E-state index in [1.54, 1.807) is 0 Å². The number of carbonyl (C=O) groups excluding carboxylic acids is 1. The van der Waals surface area contributed by atoms with E-state index in [-0.39, 0.29) is 17.2 Å². The molecule has 0 saturated carbocycles. The first-order valence-corrected chi connectivity index (χ1v) is 6.82. The van der Waals surface area contributed by atoms with Crippen molar-refractivity contribution in [2.75, 3.05) is 13.7 Å². The van der Waals surface area contributed by atoms with Crippen molar-refractivity contribution in [2.24, 2.45) is 5.92 Å². The van der Waals surface area contributed by atoms with Crippen LogP contribution in [0.1, 0.15) is 45.0 Å². The summed E-state index contributed by atoms with van der Waals surface area (Å²) in [6.07, 6.45) is 0. The zero-order valence-electron chi connectivity index (χ0n) is 13.2. The topological polar surface area (TPSA) is 29.5 Å². The Kier molecular flexibility index (Phi) is 5.15. The predicted molar refractivity (Wildman–Crippen MR) is 78.6 cm³/mol. The Morgan fingerprint density at radius 2 is 1.95 bits per heavy atom. The molecule has 0 bridgehead atoms. The zero-order chi connectivity index (χ0) is 15.5. The number of ether oxygens (including phenoxy) is 1. The SMILES string of the molecule is COc1cc(C(=O)N(CC(C)C)C(C)(C)C)ccc1F. The van der Waals surface area contributed by atoms with Crippen molar-refractivity contribution >= 4 is 5.91 Å². The van der Waals surface area contributed by atoms with E-state index in [0.717, 1.165) is 0 Å². The lowest BCUT2D eigenvalue weighted by molar-refractivity contribution is 0.0547. The number of hydrogen-bond acceptors (Lipinski definition) is 2. The van der Waals surface area contributed by atoms with Crippen molar-refractivity contribution < 1.29 is 13.9 Å². The first-order valence-electron chi connectivity index (χ1n) is 6.82. The van der Waals surface area contributed by atoms with Gasteiger partial charge < -0.3 is 9.64 Å². The Hall–Kier alpha value is -1.58. The number of benzene rings is 1. The number of nitrogens with zero attached hydrogens (tertiary/aromatic N) is 1. The molecule has 1 rings (SSSR count). The van der Waals surface area contributed by atoms with Crippen molar-refractivity contribution in [1.29, 1.82) is 0 Å². The van der Waals surface area contributed by atoms with Crippen molar-refractivity contribution in [3.8, 4) is 5.75 Å². The van der Waals surface area contributed by atoms with E-state index < -0.39 is 5.82 Å². The van der Waals surface area contributed by atoms with Gasteiger partial charge in [-0.3, -0.25) is 4.79 Å². The minimum Gasteiger partial charge on any atom is -0.494 e. The quantitative estimate of drug-likeness (QED) is 0.841. The van der Waals surface area contributed by atoms with Crippen LogP contribution in [0, 0.1) is 11.7 Å². The molecular formula is C16H24FNO2. The second-order valence-corrected chi connectivity index (χ2v) is 6.33. The maximum Gasteiger partial charge on any atom is 0.254 e. The van der Waals surface area contributed by atoms with Crippen LogP contribution < -0.4 is 4.74 Å². The zero-order valence-corrected chi connectivity index (χ0v) is 13.2. The Bertz CT molecular complexity index is 478. The van der Waals surface area contributed by atoms with Crippen LogP contribution in [0.15, 0.2) is 18.2 Å². The van der Waals surface area contributed by atoms with Crippen LogP contribution in [-0.2, 0) is 0 Å². The second kappa shape index (κ2) is 6.25. The second-order valence-electron chi connectivity index (χ2n) is 6.33. The van der Waals surface area contributed by atoms with Crippen LogP contribution in [0.25, 0.3) is 0 Å². The fraction of sp³-hybridized carbons (Fsp3) is 0.562. The molecule has 0 heterocycles. The molecule has 0 aliphatic rings. The van der Waals surface area contributed by atoms with Gasteiger partial charge in [-0.2, -0.15) is 0 Å². The lowest BCUT2D eigenvalue weighted by Gasteiger charge is -2.37. The highest BCUT2D eigenvalue weighted by Gasteiger charge is 2.28. The van der Waals surface area contributed by atoms with Gasteiger partial charge >= 0.3 is 0 Å². The smallest absolute Gasteiger partial charge is 0.254 e. The molecule has 4 heteroatoms. The fourth-order valence-electron chi connectivity index (χ4n) is 1.98. The molecular weight excluding hydrogens is 257 g/mol. The third-order valence-electron chi connectivity index (χ3n) is 3.00. The molecule has 112 valence electrons.